The van der Waals surface area contributed by atoms with Crippen molar-refractivity contribution in [1.29, 1.82) is 0 Å². The third-order valence-corrected chi connectivity index (χ3v) is 3.42. The molecule has 20 heavy (non-hydrogen) atoms. The summed E-state index contributed by atoms with van der Waals surface area (Å²) in [5.74, 6) is 0.738. The summed E-state index contributed by atoms with van der Waals surface area (Å²) < 4.78 is 7.45. The fraction of sp³-hybridized carbons (Fsp3) is 0.667. The quantitative estimate of drug-likeness (QED) is 0.680. The molecule has 0 aliphatic heterocycles. The maximum atomic E-state index is 12.1. The van der Waals surface area contributed by atoms with Gasteiger partial charge in [-0.15, -0.1) is 0 Å². The van der Waals surface area contributed by atoms with Crippen LogP contribution < -0.4 is 11.1 Å². The summed E-state index contributed by atoms with van der Waals surface area (Å²) >= 11 is 0. The van der Waals surface area contributed by atoms with Gasteiger partial charge in [0.15, 0.2) is 0 Å². The van der Waals surface area contributed by atoms with Crippen LogP contribution in [0.1, 0.15) is 43.1 Å². The van der Waals surface area contributed by atoms with Crippen molar-refractivity contribution in [2.24, 2.45) is 5.92 Å². The number of hydrogen-bond acceptors (Lipinski definition) is 3. The van der Waals surface area contributed by atoms with E-state index in [1.807, 2.05) is 10.8 Å². The Morgan fingerprint density at radius 2 is 2.35 bits per heavy atom. The molecule has 0 bridgehead atoms. The van der Waals surface area contributed by atoms with Crippen LogP contribution in [-0.2, 0) is 11.3 Å². The van der Waals surface area contributed by atoms with Gasteiger partial charge in [0.05, 0.1) is 5.69 Å². The van der Waals surface area contributed by atoms with Crippen molar-refractivity contribution in [1.82, 2.24) is 9.88 Å². The summed E-state index contributed by atoms with van der Waals surface area (Å²) in [6, 6.07) is 1.73. The van der Waals surface area contributed by atoms with Crippen LogP contribution in [0.4, 0.5) is 5.69 Å². The number of nitrogen functional groups attached to an aromatic ring is 1. The molecule has 1 aliphatic carbocycles. The minimum Gasteiger partial charge on any atom is -0.397 e. The number of amides is 1. The maximum Gasteiger partial charge on any atom is 0.267 e. The molecule has 1 saturated carbocycles. The van der Waals surface area contributed by atoms with Gasteiger partial charge in [-0.1, -0.05) is 6.92 Å². The zero-order valence-electron chi connectivity index (χ0n) is 12.2. The number of nitrogens with two attached hydrogens (primary N) is 1. The van der Waals surface area contributed by atoms with Crippen molar-refractivity contribution in [3.8, 4) is 0 Å². The van der Waals surface area contributed by atoms with Crippen LogP contribution in [-0.4, -0.2) is 30.2 Å². The second-order valence-electron chi connectivity index (χ2n) is 5.48. The van der Waals surface area contributed by atoms with Crippen molar-refractivity contribution in [3.05, 3.63) is 18.0 Å². The van der Waals surface area contributed by atoms with Crippen LogP contribution in [0.3, 0.4) is 0 Å². The highest BCUT2D eigenvalue weighted by atomic mass is 16.5. The lowest BCUT2D eigenvalue weighted by atomic mass is 10.3. The molecule has 112 valence electrons. The van der Waals surface area contributed by atoms with E-state index in [0.29, 0.717) is 17.9 Å². The number of nitrogens with one attached hydrogen (secondary N) is 1. The molecule has 1 aromatic rings. The predicted octanol–water partition coefficient (Wildman–Crippen LogP) is 2.03. The van der Waals surface area contributed by atoms with E-state index in [-0.39, 0.29) is 5.91 Å². The van der Waals surface area contributed by atoms with Gasteiger partial charge in [0, 0.05) is 32.5 Å². The molecule has 1 heterocycles. The number of nitrogens with zero attached hydrogens (tertiary/aromatic N) is 1. The largest absolute Gasteiger partial charge is 0.397 e. The predicted molar refractivity (Wildman–Crippen MR) is 79.6 cm³/mol. The van der Waals surface area contributed by atoms with E-state index in [9.17, 15) is 4.79 Å². The van der Waals surface area contributed by atoms with Gasteiger partial charge in [0.25, 0.3) is 5.91 Å². The lowest BCUT2D eigenvalue weighted by Gasteiger charge is -2.08. The van der Waals surface area contributed by atoms with Crippen molar-refractivity contribution in [3.63, 3.8) is 0 Å². The molecule has 0 unspecified atom stereocenters. The Labute approximate surface area is 120 Å². The average Bonchev–Trinajstić information content (AvgIpc) is 3.17. The summed E-state index contributed by atoms with van der Waals surface area (Å²) in [6.45, 7) is 5.12. The van der Waals surface area contributed by atoms with Crippen molar-refractivity contribution in [2.75, 3.05) is 25.5 Å². The Morgan fingerprint density at radius 3 is 3.05 bits per heavy atom. The highest BCUT2D eigenvalue weighted by Crippen LogP contribution is 2.28. The Bertz CT molecular complexity index is 438. The third kappa shape index (κ3) is 4.56. The number of ether oxygens (including phenoxy) is 1. The van der Waals surface area contributed by atoms with E-state index in [4.69, 9.17) is 10.5 Å². The standard InChI is InChI=1S/C15H25N3O2/c1-2-7-18-10-13(16)9-14(18)15(19)17-6-3-8-20-11-12-4-5-12/h9-10,12H,2-8,11,16H2,1H3,(H,17,19). The van der Waals surface area contributed by atoms with Crippen LogP contribution in [0.5, 0.6) is 0 Å². The van der Waals surface area contributed by atoms with Gasteiger partial charge < -0.3 is 20.4 Å². The van der Waals surface area contributed by atoms with Crippen LogP contribution in [0.2, 0.25) is 0 Å². The summed E-state index contributed by atoms with van der Waals surface area (Å²) in [6.07, 6.45) is 6.27. The van der Waals surface area contributed by atoms with Crippen LogP contribution in [0.15, 0.2) is 12.3 Å². The SMILES string of the molecule is CCCn1cc(N)cc1C(=O)NCCCOCC1CC1. The average molecular weight is 279 g/mol. The number of carbonyl (C=O) groups is 1. The fourth-order valence-corrected chi connectivity index (χ4v) is 2.15. The van der Waals surface area contributed by atoms with E-state index < -0.39 is 0 Å². The van der Waals surface area contributed by atoms with E-state index in [1.54, 1.807) is 6.07 Å². The van der Waals surface area contributed by atoms with Gasteiger partial charge in [-0.25, -0.2) is 0 Å². The second-order valence-corrected chi connectivity index (χ2v) is 5.48. The molecular formula is C15H25N3O2. The highest BCUT2D eigenvalue weighted by Gasteiger charge is 2.20. The maximum absolute atomic E-state index is 12.1. The molecule has 2 rings (SSSR count). The van der Waals surface area contributed by atoms with Gasteiger partial charge in [-0.2, -0.15) is 0 Å². The number of aryl methyl sites for hydroxylation is 1. The molecule has 0 atom stereocenters. The summed E-state index contributed by atoms with van der Waals surface area (Å²) in [7, 11) is 0. The number of aromatic nitrogens is 1. The van der Waals surface area contributed by atoms with Crippen molar-refractivity contribution in [2.45, 2.75) is 39.2 Å². The Hall–Kier alpha value is -1.49. The van der Waals surface area contributed by atoms with E-state index in [1.165, 1.54) is 12.8 Å². The molecule has 0 spiro atoms. The third-order valence-electron chi connectivity index (χ3n) is 3.42. The Morgan fingerprint density at radius 1 is 1.55 bits per heavy atom. The normalized spacial score (nSPS) is 14.4. The molecule has 1 amide bonds. The van der Waals surface area contributed by atoms with Crippen LogP contribution in [0.25, 0.3) is 0 Å². The summed E-state index contributed by atoms with van der Waals surface area (Å²) in [5.41, 5.74) is 7.03. The lowest BCUT2D eigenvalue weighted by molar-refractivity contribution is 0.0928. The van der Waals surface area contributed by atoms with E-state index in [2.05, 4.69) is 12.2 Å². The van der Waals surface area contributed by atoms with Gasteiger partial charge in [-0.3, -0.25) is 4.79 Å². The van der Waals surface area contributed by atoms with E-state index in [0.717, 1.165) is 38.5 Å². The van der Waals surface area contributed by atoms with Gasteiger partial charge in [-0.05, 0) is 37.7 Å². The van der Waals surface area contributed by atoms with Crippen molar-refractivity contribution >= 4 is 11.6 Å². The smallest absolute Gasteiger partial charge is 0.267 e. The molecule has 1 aliphatic rings. The van der Waals surface area contributed by atoms with Crippen molar-refractivity contribution < 1.29 is 9.53 Å². The minimum atomic E-state index is -0.0580. The number of anilines is 1. The number of rotatable bonds is 9. The molecule has 0 saturated heterocycles. The monoisotopic (exact) mass is 279 g/mol. The van der Waals surface area contributed by atoms with Gasteiger partial charge >= 0.3 is 0 Å². The molecule has 1 fully saturated rings. The number of carbonyl (C=O) groups excluding carboxylic acids is 1. The molecule has 0 aromatic carbocycles. The minimum absolute atomic E-state index is 0.0580. The zero-order chi connectivity index (χ0) is 14.4. The second kappa shape index (κ2) is 7.33. The fourth-order valence-electron chi connectivity index (χ4n) is 2.15. The molecule has 5 nitrogen and oxygen atoms in total. The lowest BCUT2D eigenvalue weighted by Crippen LogP contribution is -2.27. The molecule has 0 radical (unpaired) electrons. The molecular weight excluding hydrogens is 254 g/mol. The first-order chi connectivity index (χ1) is 9.70. The van der Waals surface area contributed by atoms with E-state index >= 15 is 0 Å². The molecule has 3 N–H and O–H groups in total. The first-order valence-electron chi connectivity index (χ1n) is 7.52. The Kier molecular flexibility index (Phi) is 5.47. The topological polar surface area (TPSA) is 69.3 Å². The van der Waals surface area contributed by atoms with Crippen LogP contribution in [0, 0.1) is 5.92 Å². The van der Waals surface area contributed by atoms with Crippen LogP contribution >= 0.6 is 0 Å². The number of hydrogen-bond donors (Lipinski definition) is 2. The summed E-state index contributed by atoms with van der Waals surface area (Å²) in [5, 5.41) is 2.92. The molecule has 5 heteroatoms. The zero-order valence-corrected chi connectivity index (χ0v) is 12.2. The van der Waals surface area contributed by atoms with Gasteiger partial charge in [0.2, 0.25) is 0 Å². The highest BCUT2D eigenvalue weighted by molar-refractivity contribution is 5.93. The Balaban J connectivity index is 1.67. The van der Waals surface area contributed by atoms with Gasteiger partial charge in [0.1, 0.15) is 5.69 Å². The summed E-state index contributed by atoms with van der Waals surface area (Å²) in [4.78, 5) is 12.1. The first-order valence-corrected chi connectivity index (χ1v) is 7.52. The molecule has 1 aromatic heterocycles. The first kappa shape index (κ1) is 14.9.